The van der Waals surface area contributed by atoms with Crippen molar-refractivity contribution in [1.29, 1.82) is 0 Å². The average molecular weight is 453 g/mol. The molecule has 0 aliphatic carbocycles. The van der Waals surface area contributed by atoms with Crippen LogP contribution in [-0.2, 0) is 12.3 Å². The predicted octanol–water partition coefficient (Wildman–Crippen LogP) is 4.98. The van der Waals surface area contributed by atoms with E-state index in [-0.39, 0.29) is 0 Å². The molecular weight excluding hydrogens is 405 g/mol. The molecule has 5 nitrogen and oxygen atoms in total. The second-order valence-electron chi connectivity index (χ2n) is 9.50. The van der Waals surface area contributed by atoms with Crippen LogP contribution in [0.2, 0.25) is 64.0 Å². The molecule has 0 radical (unpaired) electrons. The molecule has 164 valence electrons. The van der Waals surface area contributed by atoms with E-state index in [9.17, 15) is 0 Å². The standard InChI is InChI=1S/C18H48N2O3Si4/c1-10-16-24(3,4)21-26(7,8)23-27(9,18-12-14-20-15-13-19)22-25(5,6)17-11-2/h20H,10-19H2,1-9H3. The van der Waals surface area contributed by atoms with Crippen molar-refractivity contribution in [2.45, 2.75) is 97.1 Å². The third-order valence-electron chi connectivity index (χ3n) is 4.49. The molecule has 0 rings (SSSR count). The van der Waals surface area contributed by atoms with Gasteiger partial charge in [-0.25, -0.2) is 0 Å². The van der Waals surface area contributed by atoms with Crippen molar-refractivity contribution in [3.63, 3.8) is 0 Å². The van der Waals surface area contributed by atoms with Crippen LogP contribution in [0, 0.1) is 0 Å². The van der Waals surface area contributed by atoms with Crippen LogP contribution >= 0.6 is 0 Å². The fraction of sp³-hybridized carbons (Fsp3) is 1.00. The molecule has 0 aliphatic rings. The lowest BCUT2D eigenvalue weighted by Crippen LogP contribution is -2.57. The molecule has 0 aromatic rings. The van der Waals surface area contributed by atoms with Crippen molar-refractivity contribution in [1.82, 2.24) is 5.32 Å². The quantitative estimate of drug-likeness (QED) is 0.255. The van der Waals surface area contributed by atoms with Gasteiger partial charge in [-0.1, -0.05) is 26.7 Å². The van der Waals surface area contributed by atoms with Gasteiger partial charge in [0.1, 0.15) is 0 Å². The van der Waals surface area contributed by atoms with Crippen LogP contribution in [0.25, 0.3) is 0 Å². The van der Waals surface area contributed by atoms with Gasteiger partial charge in [-0.05, 0) is 76.9 Å². The van der Waals surface area contributed by atoms with Crippen LogP contribution in [0.3, 0.4) is 0 Å². The van der Waals surface area contributed by atoms with Crippen molar-refractivity contribution in [2.24, 2.45) is 5.73 Å². The Balaban J connectivity index is 5.14. The molecule has 0 fully saturated rings. The molecule has 0 bridgehead atoms. The number of rotatable bonds is 16. The fourth-order valence-electron chi connectivity index (χ4n) is 3.98. The minimum absolute atomic E-state index is 0.684. The van der Waals surface area contributed by atoms with E-state index in [1.807, 2.05) is 0 Å². The zero-order valence-corrected chi connectivity index (χ0v) is 23.7. The first-order valence-electron chi connectivity index (χ1n) is 10.8. The minimum Gasteiger partial charge on any atom is -0.436 e. The summed E-state index contributed by atoms with van der Waals surface area (Å²) in [5.74, 6) is 0. The van der Waals surface area contributed by atoms with Gasteiger partial charge in [0.15, 0.2) is 16.6 Å². The summed E-state index contributed by atoms with van der Waals surface area (Å²) in [6, 6.07) is 3.38. The Morgan fingerprint density at radius 1 is 0.704 bits per heavy atom. The van der Waals surface area contributed by atoms with E-state index in [0.717, 1.165) is 25.6 Å². The zero-order valence-electron chi connectivity index (χ0n) is 19.7. The summed E-state index contributed by atoms with van der Waals surface area (Å²) < 4.78 is 20.4. The van der Waals surface area contributed by atoms with E-state index in [2.05, 4.69) is 65.0 Å². The van der Waals surface area contributed by atoms with Gasteiger partial charge >= 0.3 is 17.1 Å². The number of nitrogens with two attached hydrogens (primary N) is 1. The molecule has 0 amide bonds. The van der Waals surface area contributed by atoms with Gasteiger partial charge < -0.3 is 23.4 Å². The summed E-state index contributed by atoms with van der Waals surface area (Å²) in [6.07, 6.45) is 3.42. The van der Waals surface area contributed by atoms with Crippen LogP contribution in [0.15, 0.2) is 0 Å². The first-order chi connectivity index (χ1) is 12.3. The van der Waals surface area contributed by atoms with Crippen LogP contribution in [0.1, 0.15) is 33.1 Å². The maximum absolute atomic E-state index is 6.86. The van der Waals surface area contributed by atoms with Crippen molar-refractivity contribution < 1.29 is 12.3 Å². The third-order valence-corrected chi connectivity index (χ3v) is 21.0. The normalized spacial score (nSPS) is 15.8. The van der Waals surface area contributed by atoms with Gasteiger partial charge in [0.25, 0.3) is 0 Å². The highest BCUT2D eigenvalue weighted by atomic mass is 28.5. The van der Waals surface area contributed by atoms with E-state index in [0.29, 0.717) is 6.54 Å². The maximum Gasteiger partial charge on any atom is 0.315 e. The van der Waals surface area contributed by atoms with Gasteiger partial charge in [0.2, 0.25) is 0 Å². The maximum atomic E-state index is 6.86. The SMILES string of the molecule is CCC[Si](C)(C)O[Si](C)(C)O[Si](C)(CCCNCCN)O[Si](C)(C)CCC. The van der Waals surface area contributed by atoms with Gasteiger partial charge in [0, 0.05) is 13.1 Å². The molecule has 27 heavy (non-hydrogen) atoms. The van der Waals surface area contributed by atoms with Gasteiger partial charge in [-0.15, -0.1) is 0 Å². The largest absolute Gasteiger partial charge is 0.436 e. The smallest absolute Gasteiger partial charge is 0.315 e. The molecule has 1 atom stereocenters. The molecule has 0 saturated heterocycles. The fourth-order valence-corrected chi connectivity index (χ4v) is 24.1. The Labute approximate surface area is 173 Å². The minimum atomic E-state index is -2.29. The number of hydrogen-bond donors (Lipinski definition) is 2. The second kappa shape index (κ2) is 12.4. The summed E-state index contributed by atoms with van der Waals surface area (Å²) in [7, 11) is -7.91. The monoisotopic (exact) mass is 452 g/mol. The van der Waals surface area contributed by atoms with Crippen LogP contribution in [0.4, 0.5) is 0 Å². The molecule has 0 saturated carbocycles. The lowest BCUT2D eigenvalue weighted by Gasteiger charge is -2.42. The van der Waals surface area contributed by atoms with Gasteiger partial charge in [-0.3, -0.25) is 0 Å². The van der Waals surface area contributed by atoms with E-state index in [1.54, 1.807) is 0 Å². The molecule has 0 aliphatic heterocycles. The van der Waals surface area contributed by atoms with E-state index in [1.165, 1.54) is 24.9 Å². The Morgan fingerprint density at radius 3 is 1.70 bits per heavy atom. The van der Waals surface area contributed by atoms with Crippen molar-refractivity contribution in [2.75, 3.05) is 19.6 Å². The number of nitrogens with one attached hydrogen (secondary N) is 1. The predicted molar refractivity (Wildman–Crippen MR) is 129 cm³/mol. The molecule has 0 aromatic carbocycles. The molecule has 0 heterocycles. The molecule has 3 N–H and O–H groups in total. The highest BCUT2D eigenvalue weighted by molar-refractivity contribution is 6.89. The van der Waals surface area contributed by atoms with Gasteiger partial charge in [-0.2, -0.15) is 0 Å². The van der Waals surface area contributed by atoms with Crippen molar-refractivity contribution in [3.05, 3.63) is 0 Å². The Hall–Kier alpha value is 0.668. The third kappa shape index (κ3) is 13.5. The van der Waals surface area contributed by atoms with Crippen LogP contribution in [-0.4, -0.2) is 53.4 Å². The summed E-state index contributed by atoms with van der Waals surface area (Å²) in [5.41, 5.74) is 5.57. The Bertz CT molecular complexity index is 412. The van der Waals surface area contributed by atoms with Gasteiger partial charge in [0.05, 0.1) is 0 Å². The zero-order chi connectivity index (χ0) is 21.2. The highest BCUT2D eigenvalue weighted by Crippen LogP contribution is 2.30. The van der Waals surface area contributed by atoms with Crippen molar-refractivity contribution in [3.8, 4) is 0 Å². The van der Waals surface area contributed by atoms with E-state index < -0.39 is 33.8 Å². The Kier molecular flexibility index (Phi) is 12.7. The lowest BCUT2D eigenvalue weighted by molar-refractivity contribution is 0.319. The average Bonchev–Trinajstić information content (AvgIpc) is 2.43. The molecular formula is C18H48N2O3Si4. The van der Waals surface area contributed by atoms with E-state index >= 15 is 0 Å². The Morgan fingerprint density at radius 2 is 1.22 bits per heavy atom. The molecule has 9 heteroatoms. The molecule has 1 unspecified atom stereocenters. The molecule has 0 aromatic heterocycles. The highest BCUT2D eigenvalue weighted by Gasteiger charge is 2.45. The lowest BCUT2D eigenvalue weighted by atomic mass is 10.5. The van der Waals surface area contributed by atoms with Crippen molar-refractivity contribution >= 4 is 33.8 Å². The van der Waals surface area contributed by atoms with Crippen LogP contribution < -0.4 is 11.1 Å². The second-order valence-corrected chi connectivity index (χ2v) is 25.6. The van der Waals surface area contributed by atoms with E-state index in [4.69, 9.17) is 18.1 Å². The summed E-state index contributed by atoms with van der Waals surface area (Å²) >= 11 is 0. The summed E-state index contributed by atoms with van der Waals surface area (Å²) in [4.78, 5) is 0. The molecule has 0 spiro atoms. The summed E-state index contributed by atoms with van der Waals surface area (Å²) in [6.45, 7) is 23.0. The topological polar surface area (TPSA) is 65.7 Å². The number of hydrogen-bond acceptors (Lipinski definition) is 5. The first-order valence-corrected chi connectivity index (χ1v) is 22.4. The van der Waals surface area contributed by atoms with Crippen LogP contribution in [0.5, 0.6) is 0 Å². The first kappa shape index (κ1) is 27.7. The summed E-state index contributed by atoms with van der Waals surface area (Å²) in [5, 5.41) is 3.40.